The highest BCUT2D eigenvalue weighted by molar-refractivity contribution is 6.14. The predicted molar refractivity (Wildman–Crippen MR) is 317 cm³/mol. The Morgan fingerprint density at radius 1 is 0.279 bits per heavy atom. The average Bonchev–Trinajstić information content (AvgIpc) is 1.56. The summed E-state index contributed by atoms with van der Waals surface area (Å²) in [5, 5.41) is 2.13. The van der Waals surface area contributed by atoms with Crippen molar-refractivity contribution < 1.29 is 52.7 Å². The molecule has 0 aliphatic heterocycles. The molecular formula is C71H47F12N3. The molecule has 0 aliphatic rings. The van der Waals surface area contributed by atoms with Gasteiger partial charge in [0.05, 0.1) is 62.3 Å². The fourth-order valence-corrected chi connectivity index (χ4v) is 12.1. The summed E-state index contributed by atoms with van der Waals surface area (Å²) >= 11 is 0. The van der Waals surface area contributed by atoms with E-state index >= 15 is 0 Å². The Bertz CT molecular complexity index is 4700. The number of rotatable bonds is 7. The molecule has 3 nitrogen and oxygen atoms in total. The summed E-state index contributed by atoms with van der Waals surface area (Å²) < 4.78 is 178. The minimum atomic E-state index is -4.79. The first kappa shape index (κ1) is 56.9. The molecule has 0 atom stereocenters. The predicted octanol–water partition coefficient (Wildman–Crippen LogP) is 22.7. The lowest BCUT2D eigenvalue weighted by molar-refractivity contribution is -0.138. The molecule has 430 valence electrons. The molecule has 10 aromatic carbocycles. The van der Waals surface area contributed by atoms with E-state index in [1.165, 1.54) is 26.8 Å². The molecule has 0 unspecified atom stereocenters. The molecule has 0 saturated carbocycles. The van der Waals surface area contributed by atoms with Crippen LogP contribution >= 0.6 is 0 Å². The molecule has 86 heavy (non-hydrogen) atoms. The van der Waals surface area contributed by atoms with Gasteiger partial charge in [-0.2, -0.15) is 52.7 Å². The van der Waals surface area contributed by atoms with Gasteiger partial charge in [-0.05, 0) is 229 Å². The molecule has 0 amide bonds. The lowest BCUT2D eigenvalue weighted by Crippen LogP contribution is -2.06. The van der Waals surface area contributed by atoms with Gasteiger partial charge < -0.3 is 9.13 Å². The van der Waals surface area contributed by atoms with E-state index < -0.39 is 47.0 Å². The number of alkyl halides is 12. The summed E-state index contributed by atoms with van der Waals surface area (Å²) in [5.41, 5.74) is 5.99. The van der Waals surface area contributed by atoms with Crippen molar-refractivity contribution in [2.75, 3.05) is 0 Å². The fourth-order valence-electron chi connectivity index (χ4n) is 12.1. The summed E-state index contributed by atoms with van der Waals surface area (Å²) in [4.78, 5) is 3.95. The first-order valence-corrected chi connectivity index (χ1v) is 27.1. The molecule has 0 saturated heterocycles. The third-order valence-electron chi connectivity index (χ3n) is 15.7. The smallest absolute Gasteiger partial charge is 0.308 e. The van der Waals surface area contributed by atoms with E-state index in [1.807, 2.05) is 59.4 Å². The number of halogens is 12. The van der Waals surface area contributed by atoms with Crippen molar-refractivity contribution in [3.63, 3.8) is 0 Å². The summed E-state index contributed by atoms with van der Waals surface area (Å²) in [7, 11) is 0. The number of benzene rings is 10. The van der Waals surface area contributed by atoms with Crippen LogP contribution in [0.2, 0.25) is 0 Å². The van der Waals surface area contributed by atoms with Crippen molar-refractivity contribution in [3.8, 4) is 67.0 Å². The molecule has 12 rings (SSSR count). The van der Waals surface area contributed by atoms with Gasteiger partial charge in [0.15, 0.2) is 5.69 Å². The zero-order chi connectivity index (χ0) is 61.3. The largest absolute Gasteiger partial charge is 0.416 e. The minimum absolute atomic E-state index is 0.0504. The summed E-state index contributed by atoms with van der Waals surface area (Å²) in [6.07, 6.45) is -18.8. The lowest BCUT2D eigenvalue weighted by Gasteiger charge is -2.20. The zero-order valence-corrected chi connectivity index (χ0v) is 46.6. The van der Waals surface area contributed by atoms with E-state index in [4.69, 9.17) is 6.57 Å². The molecule has 15 heteroatoms. The van der Waals surface area contributed by atoms with E-state index in [2.05, 4.69) is 4.85 Å². The average molecular weight is 1170 g/mol. The normalized spacial score (nSPS) is 12.5. The summed E-state index contributed by atoms with van der Waals surface area (Å²) in [6.45, 7) is 18.8. The van der Waals surface area contributed by atoms with Gasteiger partial charge in [0.2, 0.25) is 0 Å². The van der Waals surface area contributed by atoms with E-state index in [0.717, 1.165) is 70.8 Å². The number of nitrogens with zero attached hydrogens (tertiary/aromatic N) is 3. The number of aromatic nitrogens is 2. The maximum absolute atomic E-state index is 14.7. The Hall–Kier alpha value is -9.55. The first-order valence-electron chi connectivity index (χ1n) is 27.1. The second-order valence-corrected chi connectivity index (χ2v) is 22.3. The van der Waals surface area contributed by atoms with Gasteiger partial charge in [-0.15, -0.1) is 0 Å². The second kappa shape index (κ2) is 20.3. The first-order chi connectivity index (χ1) is 40.5. The maximum Gasteiger partial charge on any atom is 0.416 e. The molecule has 0 spiro atoms. The third-order valence-corrected chi connectivity index (χ3v) is 15.7. The van der Waals surface area contributed by atoms with E-state index in [0.29, 0.717) is 93.9 Å². The zero-order valence-electron chi connectivity index (χ0n) is 46.6. The van der Waals surface area contributed by atoms with Crippen LogP contribution in [-0.4, -0.2) is 9.13 Å². The van der Waals surface area contributed by atoms with Gasteiger partial charge in [-0.25, -0.2) is 4.85 Å². The SMILES string of the molecule is [C-]#[N+]c1cc(-n2c3ccc(-c4cc(C)cc(C)c4)cc3c3cc(-c4cc(C)cc(C(F)(F)F)c4)ccc32)c(-n2c3ccc(-c4cc(C)cc(C(F)(F)F)c4)cc3c3cc(-c4cc(C)cc(C(F)(F)F)c4)ccc32)cc1-c1cc(C)cc(C(F)(F)F)c1. The Balaban J connectivity index is 1.22. The Morgan fingerprint density at radius 2 is 0.535 bits per heavy atom. The monoisotopic (exact) mass is 1170 g/mol. The van der Waals surface area contributed by atoms with Gasteiger partial charge in [-0.3, -0.25) is 0 Å². The molecule has 0 aliphatic carbocycles. The molecule has 0 N–H and O–H groups in total. The Kier molecular flexibility index (Phi) is 13.4. The summed E-state index contributed by atoms with van der Waals surface area (Å²) in [6, 6.07) is 45.0. The van der Waals surface area contributed by atoms with Crippen molar-refractivity contribution >= 4 is 49.3 Å². The van der Waals surface area contributed by atoms with Crippen molar-refractivity contribution in [1.29, 1.82) is 0 Å². The van der Waals surface area contributed by atoms with E-state index in [1.54, 1.807) is 91.9 Å². The van der Waals surface area contributed by atoms with Crippen LogP contribution in [0.1, 0.15) is 55.6 Å². The maximum atomic E-state index is 14.7. The van der Waals surface area contributed by atoms with Crippen LogP contribution < -0.4 is 0 Å². The molecule has 0 fully saturated rings. The van der Waals surface area contributed by atoms with Gasteiger partial charge in [-0.1, -0.05) is 77.9 Å². The van der Waals surface area contributed by atoms with Crippen molar-refractivity contribution in [2.45, 2.75) is 66.2 Å². The summed E-state index contributed by atoms with van der Waals surface area (Å²) in [5.74, 6) is 0. The van der Waals surface area contributed by atoms with Crippen LogP contribution in [0, 0.1) is 48.1 Å². The molecule has 12 aromatic rings. The highest BCUT2D eigenvalue weighted by atomic mass is 19.4. The quantitative estimate of drug-likeness (QED) is 0.112. The van der Waals surface area contributed by atoms with E-state index in [-0.39, 0.29) is 33.5 Å². The third kappa shape index (κ3) is 10.4. The molecule has 2 aromatic heterocycles. The van der Waals surface area contributed by atoms with Crippen LogP contribution in [0.5, 0.6) is 0 Å². The highest BCUT2D eigenvalue weighted by Gasteiger charge is 2.35. The lowest BCUT2D eigenvalue weighted by atomic mass is 9.96. The van der Waals surface area contributed by atoms with Crippen LogP contribution in [-0.2, 0) is 24.7 Å². The molecular weight excluding hydrogens is 1120 g/mol. The number of hydrogen-bond acceptors (Lipinski definition) is 0. The topological polar surface area (TPSA) is 14.2 Å². The highest BCUT2D eigenvalue weighted by Crippen LogP contribution is 2.48. The van der Waals surface area contributed by atoms with Crippen molar-refractivity contribution in [1.82, 2.24) is 9.13 Å². The Labute approximate surface area is 485 Å². The Morgan fingerprint density at radius 3 is 0.826 bits per heavy atom. The number of fused-ring (bicyclic) bond motifs is 6. The van der Waals surface area contributed by atoms with Crippen LogP contribution in [0.3, 0.4) is 0 Å². The van der Waals surface area contributed by atoms with Crippen LogP contribution in [0.4, 0.5) is 58.4 Å². The van der Waals surface area contributed by atoms with Crippen molar-refractivity contribution in [3.05, 3.63) is 243 Å². The second-order valence-electron chi connectivity index (χ2n) is 22.3. The minimum Gasteiger partial charge on any atom is -0.308 e. The van der Waals surface area contributed by atoms with Crippen molar-refractivity contribution in [2.24, 2.45) is 0 Å². The standard InChI is InChI=1S/C71H47F12N3/c1-37-16-38(2)18-47(17-37)43-8-12-64-57(31-43)60-34-46(50-21-41(5)25-54(29-50)70(78,79)80)11-15-65(60)86(64)67-36-61(84-7)56(51-22-42(6)26-55(30-51)71(81,82)83)35-66(67)85-62-13-9-44(48-19-39(3)23-52(27-48)68(72,73)74)32-58(62)59-33-45(10-14-63(59)85)49-20-40(4)24-53(28-49)69(75,76)77/h8-36H,1-6H3. The number of aryl methyl sites for hydroxylation is 6. The van der Waals surface area contributed by atoms with Gasteiger partial charge in [0.25, 0.3) is 0 Å². The van der Waals surface area contributed by atoms with Crippen LogP contribution in [0.25, 0.3) is 115 Å². The number of hydrogen-bond donors (Lipinski definition) is 0. The molecule has 0 bridgehead atoms. The van der Waals surface area contributed by atoms with Crippen LogP contribution in [0.15, 0.2) is 176 Å². The fraction of sp³-hybridized carbons (Fsp3) is 0.141. The molecule has 2 heterocycles. The molecule has 0 radical (unpaired) electrons. The van der Waals surface area contributed by atoms with Gasteiger partial charge in [0, 0.05) is 21.5 Å². The van der Waals surface area contributed by atoms with Gasteiger partial charge in [0.1, 0.15) is 0 Å². The van der Waals surface area contributed by atoms with E-state index in [9.17, 15) is 52.7 Å². The van der Waals surface area contributed by atoms with Gasteiger partial charge >= 0.3 is 24.7 Å².